The molecule has 3 aliphatic rings. The molecule has 0 fully saturated rings. The summed E-state index contributed by atoms with van der Waals surface area (Å²) in [5.41, 5.74) is 18.9. The van der Waals surface area contributed by atoms with Crippen LogP contribution in [-0.4, -0.2) is 24.9 Å². The third-order valence-corrected chi connectivity index (χ3v) is 16.0. The molecule has 0 amide bonds. The van der Waals surface area contributed by atoms with Gasteiger partial charge in [-0.05, 0) is 98.2 Å². The van der Waals surface area contributed by atoms with Gasteiger partial charge < -0.3 is 4.90 Å². The Balaban J connectivity index is 0.901. The number of hydrogen-bond acceptors (Lipinski definition) is 7. The molecular formula is C66H40N6S. The van der Waals surface area contributed by atoms with E-state index in [-0.39, 0.29) is 0 Å². The Labute approximate surface area is 426 Å². The number of nitrogens with zero attached hydrogens (tertiary/aromatic N) is 6. The molecule has 4 heterocycles. The Hall–Kier alpha value is -9.30. The van der Waals surface area contributed by atoms with Crippen LogP contribution in [-0.2, 0) is 5.41 Å². The van der Waals surface area contributed by atoms with Crippen LogP contribution >= 0.6 is 11.8 Å². The van der Waals surface area contributed by atoms with Crippen LogP contribution < -0.4 is 4.90 Å². The highest BCUT2D eigenvalue weighted by atomic mass is 32.2. The Kier molecular flexibility index (Phi) is 9.31. The van der Waals surface area contributed by atoms with Gasteiger partial charge in [-0.25, -0.2) is 15.0 Å². The van der Waals surface area contributed by atoms with Gasteiger partial charge in [-0.2, -0.15) is 0 Å². The number of anilines is 3. The minimum atomic E-state index is -0.680. The average molecular weight is 949 g/mol. The lowest BCUT2D eigenvalue weighted by atomic mass is 9.70. The molecule has 0 N–H and O–H groups in total. The van der Waals surface area contributed by atoms with E-state index in [4.69, 9.17) is 24.9 Å². The second-order valence-electron chi connectivity index (χ2n) is 18.8. The molecule has 7 heteroatoms. The van der Waals surface area contributed by atoms with E-state index < -0.39 is 5.41 Å². The van der Waals surface area contributed by atoms with E-state index in [0.717, 1.165) is 67.4 Å². The minimum absolute atomic E-state index is 0.605. The highest BCUT2D eigenvalue weighted by Crippen LogP contribution is 2.66. The Bertz CT molecular complexity index is 4150. The molecule has 0 bridgehead atoms. The van der Waals surface area contributed by atoms with Crippen LogP contribution in [0.4, 0.5) is 17.1 Å². The lowest BCUT2D eigenvalue weighted by Crippen LogP contribution is -2.26. The maximum Gasteiger partial charge on any atom is 0.164 e. The molecule has 9 aromatic carbocycles. The lowest BCUT2D eigenvalue weighted by molar-refractivity contribution is 0.788. The fourth-order valence-corrected chi connectivity index (χ4v) is 12.9. The van der Waals surface area contributed by atoms with Crippen molar-refractivity contribution in [3.63, 3.8) is 0 Å². The molecule has 1 spiro atoms. The standard InChI is InChI=1S/C66H40N6S/c1-3-18-42(19-4-1)63-69-64(43-20-5-2-6-21-43)71-65(70-63)46-25-13-23-44(37-46)47-39-55-61(68-40-47)60-54(31-16-36-67-60)66(55)52-30-10-9-28-51(52)59-53(66)34-35-57-62(59)73-58-33-12-11-32-56(58)72(57)48-26-14-24-45(38-48)50-29-15-22-41-17-7-8-27-49(41)50/h1-40H. The highest BCUT2D eigenvalue weighted by molar-refractivity contribution is 8.00. The van der Waals surface area contributed by atoms with Crippen molar-refractivity contribution in [2.45, 2.75) is 15.2 Å². The number of rotatable bonds is 6. The van der Waals surface area contributed by atoms with E-state index in [1.54, 1.807) is 0 Å². The molecule has 15 rings (SSSR count). The molecule has 0 radical (unpaired) electrons. The van der Waals surface area contributed by atoms with Gasteiger partial charge in [0.25, 0.3) is 0 Å². The fourth-order valence-electron chi connectivity index (χ4n) is 11.6. The predicted molar refractivity (Wildman–Crippen MR) is 295 cm³/mol. The molecule has 6 nitrogen and oxygen atoms in total. The molecular weight excluding hydrogens is 909 g/mol. The van der Waals surface area contributed by atoms with Crippen LogP contribution in [0.15, 0.2) is 253 Å². The number of benzene rings is 9. The van der Waals surface area contributed by atoms with Crippen molar-refractivity contribution in [3.05, 3.63) is 265 Å². The number of fused-ring (bicyclic) bond motifs is 14. The van der Waals surface area contributed by atoms with Crippen molar-refractivity contribution >= 4 is 39.6 Å². The van der Waals surface area contributed by atoms with Gasteiger partial charge in [-0.1, -0.05) is 194 Å². The van der Waals surface area contributed by atoms with Crippen molar-refractivity contribution in [1.29, 1.82) is 0 Å². The highest BCUT2D eigenvalue weighted by Gasteiger charge is 2.54. The number of pyridine rings is 2. The third kappa shape index (κ3) is 6.35. The number of hydrogen-bond donors (Lipinski definition) is 0. The molecule has 73 heavy (non-hydrogen) atoms. The maximum atomic E-state index is 5.36. The van der Waals surface area contributed by atoms with Crippen LogP contribution in [0, 0.1) is 0 Å². The summed E-state index contributed by atoms with van der Waals surface area (Å²) in [5.74, 6) is 1.86. The van der Waals surface area contributed by atoms with Gasteiger partial charge in [-0.3, -0.25) is 9.97 Å². The molecule has 0 saturated heterocycles. The second-order valence-corrected chi connectivity index (χ2v) is 19.8. The lowest BCUT2D eigenvalue weighted by Gasteiger charge is -2.35. The van der Waals surface area contributed by atoms with Gasteiger partial charge in [0.2, 0.25) is 0 Å². The third-order valence-electron chi connectivity index (χ3n) is 14.8. The first-order valence-corrected chi connectivity index (χ1v) is 25.4. The number of para-hydroxylation sites is 1. The summed E-state index contributed by atoms with van der Waals surface area (Å²) in [6.45, 7) is 0. The van der Waals surface area contributed by atoms with E-state index >= 15 is 0 Å². The average Bonchev–Trinajstić information content (AvgIpc) is 4.04. The predicted octanol–water partition coefficient (Wildman–Crippen LogP) is 16.4. The van der Waals surface area contributed by atoms with E-state index in [9.17, 15) is 0 Å². The summed E-state index contributed by atoms with van der Waals surface area (Å²) in [6, 6.07) is 82.3. The molecule has 3 aromatic heterocycles. The summed E-state index contributed by atoms with van der Waals surface area (Å²) < 4.78 is 0. The van der Waals surface area contributed by atoms with Gasteiger partial charge in [0.15, 0.2) is 17.5 Å². The smallest absolute Gasteiger partial charge is 0.164 e. The molecule has 2 aliphatic carbocycles. The molecule has 1 atom stereocenters. The Morgan fingerprint density at radius 1 is 0.384 bits per heavy atom. The first-order chi connectivity index (χ1) is 36.2. The molecule has 0 saturated carbocycles. The second kappa shape index (κ2) is 16.4. The Morgan fingerprint density at radius 3 is 1.86 bits per heavy atom. The Morgan fingerprint density at radius 2 is 1.01 bits per heavy atom. The summed E-state index contributed by atoms with van der Waals surface area (Å²) >= 11 is 1.87. The van der Waals surface area contributed by atoms with Crippen molar-refractivity contribution in [2.75, 3.05) is 4.90 Å². The largest absolute Gasteiger partial charge is 0.308 e. The zero-order valence-electron chi connectivity index (χ0n) is 39.2. The van der Waals surface area contributed by atoms with Gasteiger partial charge in [0, 0.05) is 61.3 Å². The topological polar surface area (TPSA) is 67.7 Å². The maximum absolute atomic E-state index is 5.36. The van der Waals surface area contributed by atoms with Gasteiger partial charge in [0.1, 0.15) is 0 Å². The molecule has 12 aromatic rings. The summed E-state index contributed by atoms with van der Waals surface area (Å²) in [5, 5.41) is 2.47. The van der Waals surface area contributed by atoms with Gasteiger partial charge in [0.05, 0.1) is 28.2 Å². The van der Waals surface area contributed by atoms with Gasteiger partial charge >= 0.3 is 0 Å². The van der Waals surface area contributed by atoms with E-state index in [1.807, 2.05) is 84.8 Å². The first-order valence-electron chi connectivity index (χ1n) is 24.6. The van der Waals surface area contributed by atoms with Crippen molar-refractivity contribution < 1.29 is 0 Å². The SMILES string of the molecule is c1ccc(-c2nc(-c3ccccc3)nc(-c3cccc(-c4cnc5c(c4)C4(c6ccccc6-c6c4ccc4c6Sc6ccccc6N4c4cccc(-c6cccc7ccccc67)c4)c4cccnc4-5)c3)n2)cc1. The van der Waals surface area contributed by atoms with Crippen LogP contribution in [0.1, 0.15) is 22.3 Å². The van der Waals surface area contributed by atoms with Crippen LogP contribution in [0.3, 0.4) is 0 Å². The number of aromatic nitrogens is 5. The van der Waals surface area contributed by atoms with Crippen molar-refractivity contribution in [2.24, 2.45) is 0 Å². The molecule has 1 aliphatic heterocycles. The quantitative estimate of drug-likeness (QED) is 0.164. The normalized spacial score (nSPS) is 14.5. The van der Waals surface area contributed by atoms with E-state index in [1.165, 1.54) is 53.9 Å². The zero-order chi connectivity index (χ0) is 48.0. The fraction of sp³-hybridized carbons (Fsp3) is 0.0152. The van der Waals surface area contributed by atoms with Crippen LogP contribution in [0.25, 0.3) is 89.7 Å². The molecule has 340 valence electrons. The van der Waals surface area contributed by atoms with E-state index in [2.05, 4.69) is 175 Å². The molecule has 1 unspecified atom stereocenters. The summed E-state index contributed by atoms with van der Waals surface area (Å²) in [7, 11) is 0. The van der Waals surface area contributed by atoms with Crippen LogP contribution in [0.5, 0.6) is 0 Å². The van der Waals surface area contributed by atoms with Crippen LogP contribution in [0.2, 0.25) is 0 Å². The minimum Gasteiger partial charge on any atom is -0.308 e. The van der Waals surface area contributed by atoms with Gasteiger partial charge in [-0.15, -0.1) is 0 Å². The first kappa shape index (κ1) is 41.5. The zero-order valence-corrected chi connectivity index (χ0v) is 40.0. The van der Waals surface area contributed by atoms with Crippen molar-refractivity contribution in [1.82, 2.24) is 24.9 Å². The van der Waals surface area contributed by atoms with E-state index in [0.29, 0.717) is 17.5 Å². The monoisotopic (exact) mass is 948 g/mol. The van der Waals surface area contributed by atoms with Crippen molar-refractivity contribution in [3.8, 4) is 78.9 Å². The summed E-state index contributed by atoms with van der Waals surface area (Å²) in [6.07, 6.45) is 3.90. The summed E-state index contributed by atoms with van der Waals surface area (Å²) in [4.78, 5) is 30.5.